The molecule has 3 rings (SSSR count). The van der Waals surface area contributed by atoms with Gasteiger partial charge >= 0.3 is 12.0 Å². The van der Waals surface area contributed by atoms with Crippen LogP contribution in [0.4, 0.5) is 4.79 Å². The number of carbonyl (C=O) groups is 2. The number of piperazine rings is 1. The number of hydrogen-bond acceptors (Lipinski definition) is 4. The molecule has 2 amide bonds. The first-order valence-electron chi connectivity index (χ1n) is 8.90. The molecule has 1 saturated heterocycles. The number of amides is 2. The summed E-state index contributed by atoms with van der Waals surface area (Å²) in [6.07, 6.45) is 0.213. The minimum absolute atomic E-state index is 0.123. The summed E-state index contributed by atoms with van der Waals surface area (Å²) in [5.41, 5.74) is -0.722. The summed E-state index contributed by atoms with van der Waals surface area (Å²) in [7, 11) is -3.98. The lowest BCUT2D eigenvalue weighted by atomic mass is 10.1. The van der Waals surface area contributed by atoms with Crippen LogP contribution in [0.2, 0.25) is 0 Å². The van der Waals surface area contributed by atoms with E-state index >= 15 is 0 Å². The van der Waals surface area contributed by atoms with Crippen LogP contribution in [0.5, 0.6) is 0 Å². The second kappa shape index (κ2) is 7.45. The first kappa shape index (κ1) is 19.6. The third-order valence-corrected chi connectivity index (χ3v) is 6.72. The standard InChI is InChI=1S/C17H24N4O5S/c1-2-18-16(24)20-8-10-21(11-9-20)27(25,26)19-17(15(22)23)12-14(17)13-6-4-3-5-7-13/h3-7,14,19H,2,8-12H2,1H3,(H,18,24)(H,22,23)/t14-,17-/m0/s1. The fourth-order valence-electron chi connectivity index (χ4n) is 3.43. The third kappa shape index (κ3) is 3.92. The van der Waals surface area contributed by atoms with Crippen LogP contribution in [-0.4, -0.2) is 73.0 Å². The molecule has 1 aromatic carbocycles. The fourth-order valence-corrected chi connectivity index (χ4v) is 4.98. The van der Waals surface area contributed by atoms with Gasteiger partial charge in [-0.25, -0.2) is 4.79 Å². The van der Waals surface area contributed by atoms with Crippen LogP contribution in [0, 0.1) is 0 Å². The SMILES string of the molecule is CCNC(=O)N1CCN(S(=O)(=O)N[C@@]2(C(=O)O)C[C@H]2c2ccccc2)CC1. The van der Waals surface area contributed by atoms with E-state index in [1.807, 2.05) is 13.0 Å². The normalized spacial score (nSPS) is 25.8. The Morgan fingerprint density at radius 2 is 1.81 bits per heavy atom. The molecule has 1 aromatic rings. The zero-order chi connectivity index (χ0) is 19.7. The molecule has 0 aromatic heterocycles. The van der Waals surface area contributed by atoms with Crippen LogP contribution in [0.3, 0.4) is 0 Å². The number of carboxylic acid groups (broad SMARTS) is 1. The highest BCUT2D eigenvalue weighted by molar-refractivity contribution is 7.87. The van der Waals surface area contributed by atoms with Crippen molar-refractivity contribution in [2.45, 2.75) is 24.8 Å². The quantitative estimate of drug-likeness (QED) is 0.634. The minimum Gasteiger partial charge on any atom is -0.480 e. The van der Waals surface area contributed by atoms with E-state index in [2.05, 4.69) is 10.0 Å². The van der Waals surface area contributed by atoms with E-state index < -0.39 is 27.6 Å². The molecule has 1 saturated carbocycles. The molecule has 0 spiro atoms. The summed E-state index contributed by atoms with van der Waals surface area (Å²) >= 11 is 0. The number of carbonyl (C=O) groups excluding carboxylic acids is 1. The smallest absolute Gasteiger partial charge is 0.325 e. The number of benzene rings is 1. The van der Waals surface area contributed by atoms with Gasteiger partial charge in [0.15, 0.2) is 0 Å². The molecule has 2 fully saturated rings. The van der Waals surface area contributed by atoms with Crippen LogP contribution in [0.25, 0.3) is 0 Å². The van der Waals surface area contributed by atoms with Gasteiger partial charge in [-0.3, -0.25) is 4.79 Å². The topological polar surface area (TPSA) is 119 Å². The molecule has 3 N–H and O–H groups in total. The Morgan fingerprint density at radius 1 is 1.19 bits per heavy atom. The van der Waals surface area contributed by atoms with Crippen molar-refractivity contribution in [3.05, 3.63) is 35.9 Å². The highest BCUT2D eigenvalue weighted by Crippen LogP contribution is 2.52. The van der Waals surface area contributed by atoms with Crippen LogP contribution in [0.1, 0.15) is 24.8 Å². The number of hydrogen-bond donors (Lipinski definition) is 3. The van der Waals surface area contributed by atoms with Gasteiger partial charge in [0.1, 0.15) is 5.54 Å². The van der Waals surface area contributed by atoms with Crippen molar-refractivity contribution in [3.63, 3.8) is 0 Å². The lowest BCUT2D eigenvalue weighted by Crippen LogP contribution is -2.57. The molecule has 27 heavy (non-hydrogen) atoms. The molecule has 0 bridgehead atoms. The third-order valence-electron chi connectivity index (χ3n) is 5.05. The highest BCUT2D eigenvalue weighted by atomic mass is 32.2. The van der Waals surface area contributed by atoms with E-state index in [4.69, 9.17) is 0 Å². The lowest BCUT2D eigenvalue weighted by molar-refractivity contribution is -0.140. The van der Waals surface area contributed by atoms with Gasteiger partial charge < -0.3 is 15.3 Å². The summed E-state index contributed by atoms with van der Waals surface area (Å²) in [6, 6.07) is 8.80. The van der Waals surface area contributed by atoms with Crippen molar-refractivity contribution in [1.29, 1.82) is 0 Å². The molecule has 0 radical (unpaired) electrons. The van der Waals surface area contributed by atoms with Gasteiger partial charge in [-0.15, -0.1) is 0 Å². The van der Waals surface area contributed by atoms with Crippen LogP contribution in [0.15, 0.2) is 30.3 Å². The maximum Gasteiger partial charge on any atom is 0.325 e. The maximum absolute atomic E-state index is 12.8. The van der Waals surface area contributed by atoms with Crippen molar-refractivity contribution < 1.29 is 23.1 Å². The van der Waals surface area contributed by atoms with Crippen LogP contribution in [-0.2, 0) is 15.0 Å². The second-order valence-electron chi connectivity index (χ2n) is 6.77. The van der Waals surface area contributed by atoms with Crippen LogP contribution >= 0.6 is 0 Å². The summed E-state index contributed by atoms with van der Waals surface area (Å²) in [6.45, 7) is 3.08. The number of carboxylic acids is 1. The lowest BCUT2D eigenvalue weighted by Gasteiger charge is -2.34. The van der Waals surface area contributed by atoms with Gasteiger partial charge in [-0.2, -0.15) is 17.4 Å². The Hall–Kier alpha value is -2.17. The summed E-state index contributed by atoms with van der Waals surface area (Å²) in [5.74, 6) is -1.58. The molecule has 2 atom stereocenters. The molecule has 1 aliphatic carbocycles. The van der Waals surface area contributed by atoms with Gasteiger partial charge in [0.2, 0.25) is 0 Å². The number of urea groups is 1. The van der Waals surface area contributed by atoms with Crippen molar-refractivity contribution >= 4 is 22.2 Å². The average molecular weight is 396 g/mol. The van der Waals surface area contributed by atoms with E-state index in [0.717, 1.165) is 5.56 Å². The molecule has 148 valence electrons. The average Bonchev–Trinajstić information content (AvgIpc) is 3.38. The number of nitrogens with one attached hydrogen (secondary N) is 2. The highest BCUT2D eigenvalue weighted by Gasteiger charge is 2.63. The number of nitrogens with zero attached hydrogens (tertiary/aromatic N) is 2. The number of rotatable bonds is 6. The summed E-state index contributed by atoms with van der Waals surface area (Å²) in [4.78, 5) is 25.2. The van der Waals surface area contributed by atoms with Gasteiger partial charge in [-0.05, 0) is 18.9 Å². The molecule has 2 aliphatic rings. The van der Waals surface area contributed by atoms with Gasteiger partial charge in [0.25, 0.3) is 10.2 Å². The number of aliphatic carboxylic acids is 1. The Labute approximate surface area is 158 Å². The van der Waals surface area contributed by atoms with Crippen LogP contribution < -0.4 is 10.0 Å². The van der Waals surface area contributed by atoms with Crippen molar-refractivity contribution in [2.24, 2.45) is 0 Å². The monoisotopic (exact) mass is 396 g/mol. The first-order chi connectivity index (χ1) is 12.8. The molecular formula is C17H24N4O5S. The zero-order valence-electron chi connectivity index (χ0n) is 15.1. The Balaban J connectivity index is 1.67. The molecule has 9 nitrogen and oxygen atoms in total. The van der Waals surface area contributed by atoms with E-state index in [-0.39, 0.29) is 38.6 Å². The maximum atomic E-state index is 12.8. The van der Waals surface area contributed by atoms with E-state index in [9.17, 15) is 23.1 Å². The molecule has 1 aliphatic heterocycles. The molecule has 1 heterocycles. The fraction of sp³-hybridized carbons (Fsp3) is 0.529. The van der Waals surface area contributed by atoms with Gasteiger partial charge in [0, 0.05) is 38.6 Å². The van der Waals surface area contributed by atoms with Gasteiger partial charge in [0.05, 0.1) is 0 Å². The van der Waals surface area contributed by atoms with Crippen molar-refractivity contribution in [1.82, 2.24) is 19.2 Å². The molecule has 0 unspecified atom stereocenters. The van der Waals surface area contributed by atoms with Crippen molar-refractivity contribution in [3.8, 4) is 0 Å². The largest absolute Gasteiger partial charge is 0.480 e. The van der Waals surface area contributed by atoms with E-state index in [0.29, 0.717) is 6.54 Å². The zero-order valence-corrected chi connectivity index (χ0v) is 15.9. The van der Waals surface area contributed by atoms with E-state index in [1.54, 1.807) is 29.2 Å². The molecule has 10 heteroatoms. The minimum atomic E-state index is -3.98. The predicted molar refractivity (Wildman–Crippen MR) is 98.4 cm³/mol. The predicted octanol–water partition coefficient (Wildman–Crippen LogP) is 0.179. The Kier molecular flexibility index (Phi) is 5.41. The van der Waals surface area contributed by atoms with E-state index in [1.165, 1.54) is 4.31 Å². The second-order valence-corrected chi connectivity index (χ2v) is 8.44. The first-order valence-corrected chi connectivity index (χ1v) is 10.3. The summed E-state index contributed by atoms with van der Waals surface area (Å²) in [5, 5.41) is 12.3. The Bertz CT molecular complexity index is 808. The molecular weight excluding hydrogens is 372 g/mol. The summed E-state index contributed by atoms with van der Waals surface area (Å²) < 4.78 is 29.1. The Morgan fingerprint density at radius 3 is 2.37 bits per heavy atom. The van der Waals surface area contributed by atoms with Gasteiger partial charge in [-0.1, -0.05) is 30.3 Å². The van der Waals surface area contributed by atoms with Crippen molar-refractivity contribution in [2.75, 3.05) is 32.7 Å².